The molecule has 4 rings (SSSR count). The van der Waals surface area contributed by atoms with Gasteiger partial charge in [0.05, 0.1) is 0 Å². The lowest BCUT2D eigenvalue weighted by Gasteiger charge is -2.36. The summed E-state index contributed by atoms with van der Waals surface area (Å²) in [5.41, 5.74) is 3.70. The summed E-state index contributed by atoms with van der Waals surface area (Å²) in [6.07, 6.45) is 4.38. The Morgan fingerprint density at radius 1 is 1.03 bits per heavy atom. The molecule has 6 heteroatoms. The van der Waals surface area contributed by atoms with Gasteiger partial charge in [-0.3, -0.25) is 14.5 Å². The van der Waals surface area contributed by atoms with Crippen molar-refractivity contribution in [3.8, 4) is 0 Å². The first-order valence-corrected chi connectivity index (χ1v) is 11.6. The molecular formula is C26H32FN3O2. The van der Waals surface area contributed by atoms with Crippen molar-refractivity contribution in [1.82, 2.24) is 9.80 Å². The molecule has 0 radical (unpaired) electrons. The summed E-state index contributed by atoms with van der Waals surface area (Å²) in [6.45, 7) is 7.40. The zero-order valence-electron chi connectivity index (χ0n) is 19.0. The molecule has 0 unspecified atom stereocenters. The van der Waals surface area contributed by atoms with E-state index in [1.165, 1.54) is 6.07 Å². The molecule has 0 spiro atoms. The van der Waals surface area contributed by atoms with Crippen molar-refractivity contribution in [2.24, 2.45) is 5.92 Å². The standard InChI is InChI=1S/C26H32FN3O2/c1-18-7-3-6-10-23(18)25(31)28-24-16-22(27)15-21(19(24)2)17-29-11-13-30(14-12-29)26(32)20-8-4-5-9-20/h3,6-7,10,15-16,20H,4-5,8-9,11-14,17H2,1-2H3,(H,28,31). The molecule has 2 amide bonds. The predicted molar refractivity (Wildman–Crippen MR) is 124 cm³/mol. The molecule has 2 aromatic rings. The second-order valence-electron chi connectivity index (χ2n) is 9.09. The number of rotatable bonds is 5. The van der Waals surface area contributed by atoms with Crippen molar-refractivity contribution < 1.29 is 14.0 Å². The number of hydrogen-bond donors (Lipinski definition) is 1. The van der Waals surface area contributed by atoms with Crippen LogP contribution >= 0.6 is 0 Å². The van der Waals surface area contributed by atoms with Gasteiger partial charge >= 0.3 is 0 Å². The number of anilines is 1. The number of piperazine rings is 1. The van der Waals surface area contributed by atoms with Crippen LogP contribution in [-0.2, 0) is 11.3 Å². The summed E-state index contributed by atoms with van der Waals surface area (Å²) in [6, 6.07) is 10.3. The van der Waals surface area contributed by atoms with Crippen LogP contribution < -0.4 is 5.32 Å². The highest BCUT2D eigenvalue weighted by atomic mass is 19.1. The molecule has 1 saturated carbocycles. The Bertz CT molecular complexity index is 993. The maximum atomic E-state index is 14.4. The van der Waals surface area contributed by atoms with E-state index < -0.39 is 0 Å². The number of halogens is 1. The minimum absolute atomic E-state index is 0.214. The largest absolute Gasteiger partial charge is 0.340 e. The van der Waals surface area contributed by atoms with Gasteiger partial charge in [-0.05, 0) is 61.6 Å². The second kappa shape index (κ2) is 9.82. The molecule has 1 aliphatic carbocycles. The fraction of sp³-hybridized carbons (Fsp3) is 0.462. The number of carbonyl (C=O) groups excluding carboxylic acids is 2. The predicted octanol–water partition coefficient (Wildman–Crippen LogP) is 4.53. The zero-order valence-corrected chi connectivity index (χ0v) is 19.0. The van der Waals surface area contributed by atoms with Crippen molar-refractivity contribution >= 4 is 17.5 Å². The van der Waals surface area contributed by atoms with Crippen LogP contribution in [0.4, 0.5) is 10.1 Å². The van der Waals surface area contributed by atoms with E-state index in [9.17, 15) is 14.0 Å². The number of nitrogens with zero attached hydrogens (tertiary/aromatic N) is 2. The summed E-state index contributed by atoms with van der Waals surface area (Å²) in [4.78, 5) is 29.7. The fourth-order valence-electron chi connectivity index (χ4n) is 4.85. The highest BCUT2D eigenvalue weighted by molar-refractivity contribution is 6.05. The number of benzene rings is 2. The molecule has 2 fully saturated rings. The lowest BCUT2D eigenvalue weighted by molar-refractivity contribution is -0.137. The molecule has 5 nitrogen and oxygen atoms in total. The summed E-state index contributed by atoms with van der Waals surface area (Å²) >= 11 is 0. The van der Waals surface area contributed by atoms with Crippen LogP contribution in [0.5, 0.6) is 0 Å². The lowest BCUT2D eigenvalue weighted by Crippen LogP contribution is -2.49. The van der Waals surface area contributed by atoms with Crippen LogP contribution in [0.1, 0.15) is 52.7 Å². The van der Waals surface area contributed by atoms with E-state index in [0.717, 1.165) is 68.6 Å². The third kappa shape index (κ3) is 5.01. The normalized spacial score (nSPS) is 17.5. The van der Waals surface area contributed by atoms with Crippen LogP contribution in [-0.4, -0.2) is 47.8 Å². The minimum atomic E-state index is -0.360. The Balaban J connectivity index is 1.40. The summed E-state index contributed by atoms with van der Waals surface area (Å²) in [5.74, 6) is -0.0701. The van der Waals surface area contributed by atoms with Crippen molar-refractivity contribution in [1.29, 1.82) is 0 Å². The summed E-state index contributed by atoms with van der Waals surface area (Å²) < 4.78 is 14.4. The van der Waals surface area contributed by atoms with E-state index in [1.54, 1.807) is 12.1 Å². The van der Waals surface area contributed by atoms with E-state index in [-0.39, 0.29) is 17.6 Å². The molecule has 2 aromatic carbocycles. The number of amides is 2. The average Bonchev–Trinajstić information content (AvgIpc) is 3.32. The minimum Gasteiger partial charge on any atom is -0.340 e. The maximum Gasteiger partial charge on any atom is 0.255 e. The van der Waals surface area contributed by atoms with Crippen LogP contribution in [0.15, 0.2) is 36.4 Å². The van der Waals surface area contributed by atoms with E-state index >= 15 is 0 Å². The van der Waals surface area contributed by atoms with E-state index in [1.807, 2.05) is 36.9 Å². The molecule has 1 N–H and O–H groups in total. The van der Waals surface area contributed by atoms with E-state index in [4.69, 9.17) is 0 Å². The fourth-order valence-corrected chi connectivity index (χ4v) is 4.85. The van der Waals surface area contributed by atoms with Gasteiger partial charge in [0, 0.05) is 49.9 Å². The van der Waals surface area contributed by atoms with Gasteiger partial charge in [0.1, 0.15) is 5.82 Å². The first kappa shape index (κ1) is 22.5. The van der Waals surface area contributed by atoms with Crippen LogP contribution in [0.25, 0.3) is 0 Å². The Morgan fingerprint density at radius 3 is 2.41 bits per heavy atom. The van der Waals surface area contributed by atoms with Gasteiger partial charge in [0.25, 0.3) is 5.91 Å². The van der Waals surface area contributed by atoms with E-state index in [0.29, 0.717) is 23.7 Å². The third-order valence-corrected chi connectivity index (χ3v) is 6.90. The van der Waals surface area contributed by atoms with Crippen molar-refractivity contribution in [3.63, 3.8) is 0 Å². The molecule has 32 heavy (non-hydrogen) atoms. The lowest BCUT2D eigenvalue weighted by atomic mass is 10.0. The van der Waals surface area contributed by atoms with Crippen LogP contribution in [0, 0.1) is 25.6 Å². The smallest absolute Gasteiger partial charge is 0.255 e. The zero-order chi connectivity index (χ0) is 22.7. The molecular weight excluding hydrogens is 405 g/mol. The summed E-state index contributed by atoms with van der Waals surface area (Å²) in [5, 5.41) is 2.89. The Morgan fingerprint density at radius 2 is 1.72 bits per heavy atom. The van der Waals surface area contributed by atoms with Crippen LogP contribution in [0.2, 0.25) is 0 Å². The molecule has 0 bridgehead atoms. The molecule has 1 aliphatic heterocycles. The Hall–Kier alpha value is -2.73. The number of carbonyl (C=O) groups is 2. The molecule has 0 aromatic heterocycles. The quantitative estimate of drug-likeness (QED) is 0.748. The van der Waals surface area contributed by atoms with Gasteiger partial charge in [-0.15, -0.1) is 0 Å². The van der Waals surface area contributed by atoms with E-state index in [2.05, 4.69) is 10.2 Å². The van der Waals surface area contributed by atoms with Gasteiger partial charge in [0.2, 0.25) is 5.91 Å². The molecule has 1 heterocycles. The first-order chi connectivity index (χ1) is 15.4. The van der Waals surface area contributed by atoms with Gasteiger partial charge in [-0.1, -0.05) is 31.0 Å². The molecule has 1 saturated heterocycles. The van der Waals surface area contributed by atoms with Gasteiger partial charge in [-0.2, -0.15) is 0 Å². The maximum absolute atomic E-state index is 14.4. The van der Waals surface area contributed by atoms with Crippen molar-refractivity contribution in [2.45, 2.75) is 46.1 Å². The molecule has 0 atom stereocenters. The number of aryl methyl sites for hydroxylation is 1. The third-order valence-electron chi connectivity index (χ3n) is 6.90. The van der Waals surface area contributed by atoms with Crippen molar-refractivity contribution in [3.05, 3.63) is 64.5 Å². The number of nitrogens with one attached hydrogen (secondary N) is 1. The van der Waals surface area contributed by atoms with Gasteiger partial charge in [-0.25, -0.2) is 4.39 Å². The topological polar surface area (TPSA) is 52.7 Å². The van der Waals surface area contributed by atoms with Crippen molar-refractivity contribution in [2.75, 3.05) is 31.5 Å². The highest BCUT2D eigenvalue weighted by Crippen LogP contribution is 2.28. The SMILES string of the molecule is Cc1ccccc1C(=O)Nc1cc(F)cc(CN2CCN(C(=O)C3CCCC3)CC2)c1C. The van der Waals surface area contributed by atoms with Gasteiger partial charge < -0.3 is 10.2 Å². The Kier molecular flexibility index (Phi) is 6.89. The second-order valence-corrected chi connectivity index (χ2v) is 9.09. The molecule has 170 valence electrons. The number of hydrogen-bond acceptors (Lipinski definition) is 3. The Labute approximate surface area is 189 Å². The monoisotopic (exact) mass is 437 g/mol. The van der Waals surface area contributed by atoms with Crippen LogP contribution in [0.3, 0.4) is 0 Å². The molecule has 2 aliphatic rings. The average molecular weight is 438 g/mol. The van der Waals surface area contributed by atoms with Gasteiger partial charge in [0.15, 0.2) is 0 Å². The first-order valence-electron chi connectivity index (χ1n) is 11.6. The highest BCUT2D eigenvalue weighted by Gasteiger charge is 2.29. The summed E-state index contributed by atoms with van der Waals surface area (Å²) in [7, 11) is 0.